The minimum absolute atomic E-state index is 0.0421. The summed E-state index contributed by atoms with van der Waals surface area (Å²) in [5.74, 6) is -1.29. The number of carboxylic acid groups (broad SMARTS) is 1. The first-order chi connectivity index (χ1) is 7.56. The molecule has 1 amide bonds. The molecule has 90 valence electrons. The third-order valence-corrected chi connectivity index (χ3v) is 2.77. The zero-order valence-corrected chi connectivity index (χ0v) is 9.44. The molecule has 16 heavy (non-hydrogen) atoms. The zero-order chi connectivity index (χ0) is 12.1. The molecule has 1 unspecified atom stereocenters. The van der Waals surface area contributed by atoms with Gasteiger partial charge in [0, 0.05) is 12.8 Å². The van der Waals surface area contributed by atoms with E-state index >= 15 is 0 Å². The van der Waals surface area contributed by atoms with Gasteiger partial charge >= 0.3 is 5.97 Å². The number of rotatable bonds is 4. The number of carboxylic acids is 1. The average Bonchev–Trinajstić information content (AvgIpc) is 2.25. The molecule has 0 aromatic heterocycles. The molecular weight excluding hydrogens is 210 g/mol. The molecule has 1 atom stereocenters. The van der Waals surface area contributed by atoms with Gasteiger partial charge in [-0.25, -0.2) is 4.79 Å². The van der Waals surface area contributed by atoms with Crippen molar-refractivity contribution in [2.45, 2.75) is 45.1 Å². The summed E-state index contributed by atoms with van der Waals surface area (Å²) in [6, 6.07) is -0.818. The fourth-order valence-electron chi connectivity index (χ4n) is 1.82. The van der Waals surface area contributed by atoms with E-state index in [1.54, 1.807) is 0 Å². The van der Waals surface area contributed by atoms with Gasteiger partial charge in [-0.1, -0.05) is 13.3 Å². The fourth-order valence-corrected chi connectivity index (χ4v) is 1.82. The minimum atomic E-state index is -1.02. The summed E-state index contributed by atoms with van der Waals surface area (Å²) in [4.78, 5) is 35.1. The molecule has 5 heteroatoms. The van der Waals surface area contributed by atoms with E-state index in [-0.39, 0.29) is 31.1 Å². The summed E-state index contributed by atoms with van der Waals surface area (Å²) in [6.07, 6.45) is 2.44. The standard InChI is InChI=1S/C11H17NO4/c1-2-3-4-10(14)12-7-8(13)5-6-9(12)11(15)16/h9H,2-7H2,1H3,(H,15,16). The number of unbranched alkanes of at least 4 members (excludes halogenated alkanes) is 1. The molecule has 1 N–H and O–H groups in total. The van der Waals surface area contributed by atoms with Crippen molar-refractivity contribution in [3.63, 3.8) is 0 Å². The molecule has 0 radical (unpaired) electrons. The minimum Gasteiger partial charge on any atom is -0.480 e. The van der Waals surface area contributed by atoms with Crippen LogP contribution < -0.4 is 0 Å². The first kappa shape index (κ1) is 12.7. The van der Waals surface area contributed by atoms with Gasteiger partial charge in [0.15, 0.2) is 5.78 Å². The van der Waals surface area contributed by atoms with Crippen molar-refractivity contribution in [1.82, 2.24) is 4.90 Å². The van der Waals surface area contributed by atoms with Gasteiger partial charge in [0.2, 0.25) is 5.91 Å². The van der Waals surface area contributed by atoms with Gasteiger partial charge in [-0.2, -0.15) is 0 Å². The number of aliphatic carboxylic acids is 1. The number of piperidine rings is 1. The molecule has 0 aliphatic carbocycles. The molecule has 0 bridgehead atoms. The Morgan fingerprint density at radius 1 is 1.50 bits per heavy atom. The molecule has 1 fully saturated rings. The number of Topliss-reactive ketones (excluding diaryl/α,β-unsaturated/α-hetero) is 1. The van der Waals surface area contributed by atoms with Gasteiger partial charge in [0.05, 0.1) is 6.54 Å². The van der Waals surface area contributed by atoms with Crippen molar-refractivity contribution < 1.29 is 19.5 Å². The van der Waals surface area contributed by atoms with E-state index in [0.717, 1.165) is 12.8 Å². The van der Waals surface area contributed by atoms with E-state index in [9.17, 15) is 14.4 Å². The van der Waals surface area contributed by atoms with Crippen LogP contribution in [0.3, 0.4) is 0 Å². The van der Waals surface area contributed by atoms with Crippen molar-refractivity contribution in [2.75, 3.05) is 6.54 Å². The van der Waals surface area contributed by atoms with Crippen molar-refractivity contribution >= 4 is 17.7 Å². The number of nitrogens with zero attached hydrogens (tertiary/aromatic N) is 1. The number of hydrogen-bond donors (Lipinski definition) is 1. The van der Waals surface area contributed by atoms with Crippen LogP contribution in [0.5, 0.6) is 0 Å². The highest BCUT2D eigenvalue weighted by Crippen LogP contribution is 2.17. The molecule has 1 rings (SSSR count). The highest BCUT2D eigenvalue weighted by atomic mass is 16.4. The average molecular weight is 227 g/mol. The first-order valence-corrected chi connectivity index (χ1v) is 5.60. The second-order valence-electron chi connectivity index (χ2n) is 4.06. The molecule has 0 aromatic carbocycles. The molecule has 5 nitrogen and oxygen atoms in total. The van der Waals surface area contributed by atoms with Crippen LogP contribution in [-0.4, -0.2) is 40.3 Å². The molecular formula is C11H17NO4. The normalized spacial score (nSPS) is 20.9. The Kier molecular flexibility index (Phi) is 4.46. The Hall–Kier alpha value is -1.39. The maximum Gasteiger partial charge on any atom is 0.326 e. The van der Waals surface area contributed by atoms with Crippen molar-refractivity contribution in [2.24, 2.45) is 0 Å². The number of likely N-dealkylation sites (tertiary alicyclic amines) is 1. The van der Waals surface area contributed by atoms with Crippen LogP contribution in [0.4, 0.5) is 0 Å². The van der Waals surface area contributed by atoms with Crippen molar-refractivity contribution in [1.29, 1.82) is 0 Å². The zero-order valence-electron chi connectivity index (χ0n) is 9.44. The van der Waals surface area contributed by atoms with Gasteiger partial charge in [0.25, 0.3) is 0 Å². The number of carbonyl (C=O) groups excluding carboxylic acids is 2. The smallest absolute Gasteiger partial charge is 0.326 e. The Bertz CT molecular complexity index is 300. The predicted octanol–water partition coefficient (Wildman–Crippen LogP) is 0.821. The Morgan fingerprint density at radius 3 is 2.75 bits per heavy atom. The van der Waals surface area contributed by atoms with Gasteiger partial charge < -0.3 is 10.0 Å². The number of carbonyl (C=O) groups is 3. The molecule has 0 saturated carbocycles. The van der Waals surface area contributed by atoms with Crippen molar-refractivity contribution in [3.8, 4) is 0 Å². The van der Waals surface area contributed by atoms with Crippen LogP contribution in [0.1, 0.15) is 39.0 Å². The topological polar surface area (TPSA) is 74.7 Å². The summed E-state index contributed by atoms with van der Waals surface area (Å²) in [7, 11) is 0. The quantitative estimate of drug-likeness (QED) is 0.771. The van der Waals surface area contributed by atoms with E-state index in [1.807, 2.05) is 6.92 Å². The second-order valence-corrected chi connectivity index (χ2v) is 4.06. The van der Waals surface area contributed by atoms with Crippen LogP contribution >= 0.6 is 0 Å². The largest absolute Gasteiger partial charge is 0.480 e. The summed E-state index contributed by atoms with van der Waals surface area (Å²) in [6.45, 7) is 1.92. The third-order valence-electron chi connectivity index (χ3n) is 2.77. The van der Waals surface area contributed by atoms with Crippen LogP contribution in [-0.2, 0) is 14.4 Å². The van der Waals surface area contributed by atoms with Crippen molar-refractivity contribution in [3.05, 3.63) is 0 Å². The molecule has 1 aliphatic heterocycles. The Morgan fingerprint density at radius 2 is 2.19 bits per heavy atom. The summed E-state index contributed by atoms with van der Waals surface area (Å²) < 4.78 is 0. The molecule has 1 aliphatic rings. The molecule has 0 spiro atoms. The number of hydrogen-bond acceptors (Lipinski definition) is 3. The number of ketones is 1. The lowest BCUT2D eigenvalue weighted by Gasteiger charge is -2.32. The lowest BCUT2D eigenvalue weighted by Crippen LogP contribution is -2.50. The maximum atomic E-state index is 11.7. The van der Waals surface area contributed by atoms with Gasteiger partial charge in [-0.3, -0.25) is 9.59 Å². The highest BCUT2D eigenvalue weighted by molar-refractivity contribution is 5.91. The highest BCUT2D eigenvalue weighted by Gasteiger charge is 2.34. The lowest BCUT2D eigenvalue weighted by molar-refractivity contribution is -0.154. The second kappa shape index (κ2) is 5.63. The van der Waals surface area contributed by atoms with Crippen LogP contribution in [0.25, 0.3) is 0 Å². The van der Waals surface area contributed by atoms with E-state index in [2.05, 4.69) is 0 Å². The molecule has 1 heterocycles. The lowest BCUT2D eigenvalue weighted by atomic mass is 10.0. The van der Waals surface area contributed by atoms with Gasteiger partial charge in [-0.05, 0) is 12.8 Å². The van der Waals surface area contributed by atoms with E-state index in [0.29, 0.717) is 6.42 Å². The van der Waals surface area contributed by atoms with Crippen LogP contribution in [0.15, 0.2) is 0 Å². The summed E-state index contributed by atoms with van der Waals surface area (Å²) >= 11 is 0. The monoisotopic (exact) mass is 227 g/mol. The van der Waals surface area contributed by atoms with Gasteiger partial charge in [-0.15, -0.1) is 0 Å². The fraction of sp³-hybridized carbons (Fsp3) is 0.727. The van der Waals surface area contributed by atoms with E-state index in [4.69, 9.17) is 5.11 Å². The first-order valence-electron chi connectivity index (χ1n) is 5.60. The SMILES string of the molecule is CCCCC(=O)N1CC(=O)CCC1C(=O)O. The summed E-state index contributed by atoms with van der Waals surface area (Å²) in [5, 5.41) is 8.96. The van der Waals surface area contributed by atoms with E-state index in [1.165, 1.54) is 4.90 Å². The van der Waals surface area contributed by atoms with Gasteiger partial charge in [0.1, 0.15) is 6.04 Å². The third kappa shape index (κ3) is 3.05. The predicted molar refractivity (Wildman–Crippen MR) is 56.9 cm³/mol. The van der Waals surface area contributed by atoms with E-state index < -0.39 is 12.0 Å². The van der Waals surface area contributed by atoms with Crippen LogP contribution in [0.2, 0.25) is 0 Å². The molecule has 0 aromatic rings. The number of amides is 1. The molecule has 1 saturated heterocycles. The summed E-state index contributed by atoms with van der Waals surface area (Å²) in [5.41, 5.74) is 0. The van der Waals surface area contributed by atoms with Crippen LogP contribution in [0, 0.1) is 0 Å². The maximum absolute atomic E-state index is 11.7. The Balaban J connectivity index is 2.67. The Labute approximate surface area is 94.4 Å².